The van der Waals surface area contributed by atoms with Crippen LogP contribution in [0.4, 0.5) is 8.78 Å². The van der Waals surface area contributed by atoms with E-state index in [-0.39, 0.29) is 6.54 Å². The van der Waals surface area contributed by atoms with E-state index < -0.39 is 29.3 Å². The van der Waals surface area contributed by atoms with Crippen molar-refractivity contribution in [2.75, 3.05) is 6.61 Å². The molecule has 40 heavy (non-hydrogen) atoms. The molecule has 5 rings (SSSR count). The number of carbonyl (C=O) groups is 1. The average molecular weight is 569 g/mol. The predicted molar refractivity (Wildman–Crippen MR) is 150 cm³/mol. The zero-order valence-corrected chi connectivity index (χ0v) is 23.8. The van der Waals surface area contributed by atoms with Gasteiger partial charge in [0.15, 0.2) is 17.7 Å². The number of rotatable bonds is 6. The number of halogens is 3. The number of aliphatic carboxylic acids is 1. The first-order chi connectivity index (χ1) is 18.9. The Hall–Kier alpha value is -3.49. The molecule has 0 fully saturated rings. The molecular weight excluding hydrogens is 538 g/mol. The molecule has 1 N–H and O–H groups in total. The Morgan fingerprint density at radius 3 is 2.62 bits per heavy atom. The zero-order chi connectivity index (χ0) is 28.9. The van der Waals surface area contributed by atoms with Gasteiger partial charge in [-0.15, -0.1) is 0 Å². The fraction of sp³-hybridized carbons (Fsp3) is 0.355. The van der Waals surface area contributed by atoms with Crippen LogP contribution in [0.3, 0.4) is 0 Å². The number of fused-ring (bicyclic) bond motifs is 2. The van der Waals surface area contributed by atoms with Gasteiger partial charge < -0.3 is 19.1 Å². The Labute approximate surface area is 236 Å². The molecule has 2 aromatic heterocycles. The Morgan fingerprint density at radius 1 is 1.20 bits per heavy atom. The molecule has 0 amide bonds. The van der Waals surface area contributed by atoms with E-state index in [0.29, 0.717) is 50.8 Å². The number of carboxylic acid groups (broad SMARTS) is 1. The lowest BCUT2D eigenvalue weighted by Gasteiger charge is -2.29. The summed E-state index contributed by atoms with van der Waals surface area (Å²) in [6.45, 7) is 9.99. The Morgan fingerprint density at radius 2 is 1.95 bits per heavy atom. The van der Waals surface area contributed by atoms with E-state index in [2.05, 4.69) is 0 Å². The summed E-state index contributed by atoms with van der Waals surface area (Å²) in [6, 6.07) is 7.47. The summed E-state index contributed by atoms with van der Waals surface area (Å²) >= 11 is 6.74. The van der Waals surface area contributed by atoms with Crippen molar-refractivity contribution >= 4 is 28.6 Å². The van der Waals surface area contributed by atoms with E-state index in [1.807, 2.05) is 29.8 Å². The maximum Gasteiger partial charge on any atom is 0.337 e. The fourth-order valence-electron chi connectivity index (χ4n) is 5.41. The van der Waals surface area contributed by atoms with Crippen molar-refractivity contribution in [3.05, 3.63) is 81.1 Å². The fourth-order valence-corrected chi connectivity index (χ4v) is 5.68. The van der Waals surface area contributed by atoms with Crippen LogP contribution in [0.1, 0.15) is 61.2 Å². The Bertz CT molecular complexity index is 1640. The van der Waals surface area contributed by atoms with Gasteiger partial charge in [-0.2, -0.15) is 0 Å². The maximum atomic E-state index is 14.0. The number of aryl methyl sites for hydroxylation is 1. The Balaban J connectivity index is 1.80. The van der Waals surface area contributed by atoms with Crippen LogP contribution in [-0.2, 0) is 22.5 Å². The molecule has 9 heteroatoms. The monoisotopic (exact) mass is 568 g/mol. The molecule has 0 saturated heterocycles. The molecule has 1 unspecified atom stereocenters. The van der Waals surface area contributed by atoms with Gasteiger partial charge in [0, 0.05) is 34.9 Å². The third-order valence-electron chi connectivity index (χ3n) is 7.14. The van der Waals surface area contributed by atoms with Crippen LogP contribution in [0.5, 0.6) is 5.75 Å². The molecule has 0 spiro atoms. The van der Waals surface area contributed by atoms with E-state index in [0.717, 1.165) is 41.7 Å². The first-order valence-corrected chi connectivity index (χ1v) is 13.5. The summed E-state index contributed by atoms with van der Waals surface area (Å²) in [6.07, 6.45) is 2.15. The third kappa shape index (κ3) is 5.18. The number of nitrogens with zero attached hydrogens (tertiary/aromatic N) is 2. The maximum absolute atomic E-state index is 14.0. The molecule has 0 aliphatic carbocycles. The highest BCUT2D eigenvalue weighted by molar-refractivity contribution is 6.32. The first kappa shape index (κ1) is 28.1. The summed E-state index contributed by atoms with van der Waals surface area (Å²) in [7, 11) is 0. The van der Waals surface area contributed by atoms with Crippen molar-refractivity contribution in [3.8, 4) is 16.9 Å². The van der Waals surface area contributed by atoms with Gasteiger partial charge in [-0.1, -0.05) is 17.7 Å². The minimum atomic E-state index is -1.30. The molecule has 1 atom stereocenters. The molecule has 210 valence electrons. The smallest absolute Gasteiger partial charge is 0.337 e. The highest BCUT2D eigenvalue weighted by Gasteiger charge is 2.34. The third-order valence-corrected chi connectivity index (χ3v) is 7.42. The van der Waals surface area contributed by atoms with Crippen molar-refractivity contribution < 1.29 is 28.2 Å². The van der Waals surface area contributed by atoms with Crippen molar-refractivity contribution in [2.45, 2.75) is 65.7 Å². The van der Waals surface area contributed by atoms with Gasteiger partial charge in [0.2, 0.25) is 0 Å². The summed E-state index contributed by atoms with van der Waals surface area (Å²) in [5.74, 6) is -2.31. The van der Waals surface area contributed by atoms with Crippen molar-refractivity contribution in [1.29, 1.82) is 0 Å². The van der Waals surface area contributed by atoms with Gasteiger partial charge in [0.1, 0.15) is 11.4 Å². The lowest BCUT2D eigenvalue weighted by atomic mass is 9.87. The van der Waals surface area contributed by atoms with Crippen LogP contribution in [0, 0.1) is 25.5 Å². The second-order valence-corrected chi connectivity index (χ2v) is 11.6. The zero-order valence-electron chi connectivity index (χ0n) is 23.1. The van der Waals surface area contributed by atoms with Crippen molar-refractivity contribution in [3.63, 3.8) is 0 Å². The molecule has 2 aromatic carbocycles. The normalized spacial score (nSPS) is 14.2. The second kappa shape index (κ2) is 10.5. The molecule has 0 saturated carbocycles. The number of ether oxygens (including phenoxy) is 2. The lowest BCUT2D eigenvalue weighted by molar-refractivity contribution is -0.160. The number of carboxylic acids is 1. The number of hydrogen-bond acceptors (Lipinski definition) is 4. The molecule has 1 aliphatic heterocycles. The second-order valence-electron chi connectivity index (χ2n) is 11.2. The number of benzene rings is 2. The highest BCUT2D eigenvalue weighted by Crippen LogP contribution is 2.46. The standard InChI is InChI=1S/C31H31ClF2N2O4/c1-16-19-7-6-12-39-27(19)22(32)14-21(16)26-20-10-11-36(15-18-8-9-23(33)24(34)13-18)29(20)35-17(2)25(26)28(30(37)38)40-31(3,4)5/h8-11,13-14,28H,6-7,12,15H2,1-5H3,(H,37,38). The van der Waals surface area contributed by atoms with Crippen LogP contribution >= 0.6 is 11.6 Å². The van der Waals surface area contributed by atoms with Crippen molar-refractivity contribution in [2.24, 2.45) is 0 Å². The number of aromatic nitrogens is 2. The average Bonchev–Trinajstić information content (AvgIpc) is 3.27. The van der Waals surface area contributed by atoms with Crippen LogP contribution in [0.15, 0.2) is 36.5 Å². The minimum absolute atomic E-state index is 0.241. The molecule has 6 nitrogen and oxygen atoms in total. The highest BCUT2D eigenvalue weighted by atomic mass is 35.5. The quantitative estimate of drug-likeness (QED) is 0.260. The van der Waals surface area contributed by atoms with E-state index in [1.165, 1.54) is 6.07 Å². The summed E-state index contributed by atoms with van der Waals surface area (Å²) < 4.78 is 41.3. The molecule has 4 aromatic rings. The predicted octanol–water partition coefficient (Wildman–Crippen LogP) is 7.57. The van der Waals surface area contributed by atoms with Crippen LogP contribution in [-0.4, -0.2) is 32.8 Å². The van der Waals surface area contributed by atoms with Gasteiger partial charge in [-0.3, -0.25) is 0 Å². The largest absolute Gasteiger partial charge is 0.492 e. The molecule has 0 radical (unpaired) electrons. The molecular formula is C31H31ClF2N2O4. The number of hydrogen-bond donors (Lipinski definition) is 1. The lowest BCUT2D eigenvalue weighted by Crippen LogP contribution is -2.28. The molecule has 0 bridgehead atoms. The van der Waals surface area contributed by atoms with Gasteiger partial charge in [-0.25, -0.2) is 18.6 Å². The summed E-state index contributed by atoms with van der Waals surface area (Å²) in [5, 5.41) is 11.5. The van der Waals surface area contributed by atoms with Gasteiger partial charge in [0.05, 0.1) is 17.2 Å². The minimum Gasteiger partial charge on any atom is -0.492 e. The van der Waals surface area contributed by atoms with Crippen LogP contribution < -0.4 is 4.74 Å². The molecule has 1 aliphatic rings. The summed E-state index contributed by atoms with van der Waals surface area (Å²) in [5.41, 5.74) is 4.68. The van der Waals surface area contributed by atoms with E-state index >= 15 is 0 Å². The topological polar surface area (TPSA) is 73.6 Å². The first-order valence-electron chi connectivity index (χ1n) is 13.1. The van der Waals surface area contributed by atoms with Crippen molar-refractivity contribution in [1.82, 2.24) is 9.55 Å². The number of pyridine rings is 1. The van der Waals surface area contributed by atoms with Crippen LogP contribution in [0.25, 0.3) is 22.2 Å². The van der Waals surface area contributed by atoms with E-state index in [9.17, 15) is 18.7 Å². The van der Waals surface area contributed by atoms with E-state index in [1.54, 1.807) is 27.7 Å². The SMILES string of the molecule is Cc1nc2c(ccn2Cc2ccc(F)c(F)c2)c(-c2cc(Cl)c3c(c2C)CCCO3)c1C(OC(C)(C)C)C(=O)O. The van der Waals surface area contributed by atoms with Crippen LogP contribution in [0.2, 0.25) is 5.02 Å². The van der Waals surface area contributed by atoms with Gasteiger partial charge >= 0.3 is 5.97 Å². The Kier molecular flexibility index (Phi) is 7.35. The molecule has 3 heterocycles. The van der Waals surface area contributed by atoms with Gasteiger partial charge in [0.25, 0.3) is 0 Å². The van der Waals surface area contributed by atoms with E-state index in [4.69, 9.17) is 26.1 Å². The van der Waals surface area contributed by atoms with Gasteiger partial charge in [-0.05, 0) is 94.0 Å². The summed E-state index contributed by atoms with van der Waals surface area (Å²) in [4.78, 5) is 17.5.